The largest absolute Gasteiger partial charge is 0.465 e. The minimum Gasteiger partial charge on any atom is -0.465 e. The van der Waals surface area contributed by atoms with E-state index in [2.05, 4.69) is 15.6 Å². The highest BCUT2D eigenvalue weighted by Crippen LogP contribution is 2.35. The Bertz CT molecular complexity index is 780. The molecular formula is C19H23N3O4S. The molecule has 1 aromatic heterocycles. The highest BCUT2D eigenvalue weighted by atomic mass is 32.1. The van der Waals surface area contributed by atoms with Crippen LogP contribution in [0.15, 0.2) is 35.7 Å². The molecule has 0 aliphatic heterocycles. The third kappa shape index (κ3) is 5.43. The van der Waals surface area contributed by atoms with E-state index < -0.39 is 12.2 Å². The van der Waals surface area contributed by atoms with Gasteiger partial charge in [0.25, 0.3) is 0 Å². The molecule has 0 bridgehead atoms. The average molecular weight is 389 g/mol. The summed E-state index contributed by atoms with van der Waals surface area (Å²) in [4.78, 5) is 27.8. The van der Waals surface area contributed by atoms with Crippen LogP contribution in [0.4, 0.5) is 9.59 Å². The van der Waals surface area contributed by atoms with E-state index in [1.807, 2.05) is 42.6 Å². The maximum absolute atomic E-state index is 12.3. The van der Waals surface area contributed by atoms with Crippen LogP contribution in [0.25, 0.3) is 0 Å². The van der Waals surface area contributed by atoms with Crippen molar-refractivity contribution in [2.45, 2.75) is 50.8 Å². The number of carbonyl (C=O) groups excluding carboxylic acids is 1. The number of thiazole rings is 1. The second-order valence-electron chi connectivity index (χ2n) is 6.71. The molecule has 7 nitrogen and oxygen atoms in total. The van der Waals surface area contributed by atoms with Gasteiger partial charge in [0, 0.05) is 29.1 Å². The number of amides is 2. The fraction of sp³-hybridized carbons (Fsp3) is 0.421. The Morgan fingerprint density at radius 2 is 2.04 bits per heavy atom. The molecule has 0 spiro atoms. The van der Waals surface area contributed by atoms with Gasteiger partial charge >= 0.3 is 12.2 Å². The molecule has 0 radical (unpaired) electrons. The van der Waals surface area contributed by atoms with Gasteiger partial charge in [-0.05, 0) is 31.7 Å². The second kappa shape index (κ2) is 8.85. The fourth-order valence-electron chi connectivity index (χ4n) is 3.38. The zero-order valence-electron chi connectivity index (χ0n) is 15.1. The number of benzene rings is 1. The molecule has 3 N–H and O–H groups in total. The lowest BCUT2D eigenvalue weighted by atomic mass is 9.82. The van der Waals surface area contributed by atoms with Gasteiger partial charge in [0.15, 0.2) is 0 Å². The first kappa shape index (κ1) is 19.2. The maximum atomic E-state index is 12.3. The van der Waals surface area contributed by atoms with Crippen molar-refractivity contribution in [3.63, 3.8) is 0 Å². The van der Waals surface area contributed by atoms with Crippen LogP contribution in [-0.4, -0.2) is 34.4 Å². The monoisotopic (exact) mass is 389 g/mol. The molecule has 1 unspecified atom stereocenters. The lowest BCUT2D eigenvalue weighted by Crippen LogP contribution is -2.47. The number of hydrogen-bond donors (Lipinski definition) is 3. The molecule has 1 aromatic carbocycles. The van der Waals surface area contributed by atoms with Crippen molar-refractivity contribution < 1.29 is 19.4 Å². The van der Waals surface area contributed by atoms with Crippen molar-refractivity contribution in [3.05, 3.63) is 52.0 Å². The molecule has 1 fully saturated rings. The zero-order chi connectivity index (χ0) is 19.2. The van der Waals surface area contributed by atoms with Crippen molar-refractivity contribution in [1.29, 1.82) is 0 Å². The van der Waals surface area contributed by atoms with E-state index >= 15 is 0 Å². The molecule has 27 heavy (non-hydrogen) atoms. The van der Waals surface area contributed by atoms with Gasteiger partial charge in [-0.15, -0.1) is 11.3 Å². The fourth-order valence-corrected chi connectivity index (χ4v) is 4.36. The van der Waals surface area contributed by atoms with E-state index in [-0.39, 0.29) is 24.6 Å². The van der Waals surface area contributed by atoms with Crippen molar-refractivity contribution in [3.8, 4) is 0 Å². The number of alkyl carbamates (subject to hydrolysis) is 1. The molecule has 1 aliphatic carbocycles. The van der Waals surface area contributed by atoms with Crippen molar-refractivity contribution in [2.24, 2.45) is 0 Å². The van der Waals surface area contributed by atoms with Gasteiger partial charge in [0.1, 0.15) is 6.61 Å². The standard InChI is InChI=1S/C19H23N3O4S/c1-12-11-27-17(20-12)15-9-14(21-18(23)24)7-8-16(15)22-19(25)26-10-13-5-3-2-4-6-13/h2-6,11,14-16,21H,7-10H2,1H3,(H,22,25)(H,23,24)/t14?,15-,16+/m1/s1. The van der Waals surface area contributed by atoms with Crippen molar-refractivity contribution in [1.82, 2.24) is 15.6 Å². The van der Waals surface area contributed by atoms with Gasteiger partial charge in [-0.2, -0.15) is 0 Å². The number of aryl methyl sites for hydroxylation is 1. The van der Waals surface area contributed by atoms with E-state index in [4.69, 9.17) is 9.84 Å². The summed E-state index contributed by atoms with van der Waals surface area (Å²) in [5.41, 5.74) is 1.85. The minimum atomic E-state index is -1.03. The summed E-state index contributed by atoms with van der Waals surface area (Å²) in [7, 11) is 0. The van der Waals surface area contributed by atoms with Gasteiger partial charge in [-0.25, -0.2) is 14.6 Å². The Morgan fingerprint density at radius 3 is 2.70 bits per heavy atom. The maximum Gasteiger partial charge on any atom is 0.407 e. The number of ether oxygens (including phenoxy) is 1. The van der Waals surface area contributed by atoms with E-state index in [1.54, 1.807) is 0 Å². The number of nitrogens with zero attached hydrogens (tertiary/aromatic N) is 1. The lowest BCUT2D eigenvalue weighted by Gasteiger charge is -2.35. The molecule has 1 saturated carbocycles. The lowest BCUT2D eigenvalue weighted by molar-refractivity contribution is 0.128. The highest BCUT2D eigenvalue weighted by Gasteiger charge is 2.35. The molecule has 3 rings (SSSR count). The summed E-state index contributed by atoms with van der Waals surface area (Å²) < 4.78 is 5.33. The van der Waals surface area contributed by atoms with E-state index in [0.717, 1.165) is 16.3 Å². The smallest absolute Gasteiger partial charge is 0.407 e. The summed E-state index contributed by atoms with van der Waals surface area (Å²) >= 11 is 1.54. The van der Waals surface area contributed by atoms with Crippen LogP contribution >= 0.6 is 11.3 Å². The van der Waals surface area contributed by atoms with Crippen LogP contribution in [0.5, 0.6) is 0 Å². The van der Waals surface area contributed by atoms with E-state index in [1.165, 1.54) is 11.3 Å². The topological polar surface area (TPSA) is 101 Å². The molecule has 1 aliphatic rings. The van der Waals surface area contributed by atoms with Crippen LogP contribution in [0, 0.1) is 6.92 Å². The first-order valence-corrected chi connectivity index (χ1v) is 9.78. The number of nitrogens with one attached hydrogen (secondary N) is 2. The van der Waals surface area contributed by atoms with Gasteiger partial charge in [-0.3, -0.25) is 0 Å². The number of carbonyl (C=O) groups is 2. The Labute approximate surface area is 161 Å². The van der Waals surface area contributed by atoms with Gasteiger partial charge in [0.2, 0.25) is 0 Å². The average Bonchev–Trinajstić information content (AvgIpc) is 3.08. The summed E-state index contributed by atoms with van der Waals surface area (Å²) in [5, 5.41) is 17.4. The molecule has 8 heteroatoms. The third-order valence-electron chi connectivity index (χ3n) is 4.65. The summed E-state index contributed by atoms with van der Waals surface area (Å²) in [6.45, 7) is 2.13. The second-order valence-corrected chi connectivity index (χ2v) is 7.60. The molecule has 0 saturated heterocycles. The van der Waals surface area contributed by atoms with Gasteiger partial charge in [0.05, 0.1) is 5.01 Å². The molecule has 3 atom stereocenters. The van der Waals surface area contributed by atoms with Crippen molar-refractivity contribution >= 4 is 23.5 Å². The van der Waals surface area contributed by atoms with Crippen LogP contribution in [0.3, 0.4) is 0 Å². The number of hydrogen-bond acceptors (Lipinski definition) is 5. The predicted octanol–water partition coefficient (Wildman–Crippen LogP) is 3.65. The minimum absolute atomic E-state index is 0.0430. The molecule has 144 valence electrons. The molecule has 2 amide bonds. The number of carboxylic acid groups (broad SMARTS) is 1. The highest BCUT2D eigenvalue weighted by molar-refractivity contribution is 7.09. The number of aromatic nitrogens is 1. The van der Waals surface area contributed by atoms with Gasteiger partial charge < -0.3 is 20.5 Å². The van der Waals surface area contributed by atoms with Gasteiger partial charge in [-0.1, -0.05) is 30.3 Å². The summed E-state index contributed by atoms with van der Waals surface area (Å²) in [6, 6.07) is 9.23. The molecular weight excluding hydrogens is 366 g/mol. The predicted molar refractivity (Wildman–Crippen MR) is 102 cm³/mol. The summed E-state index contributed by atoms with van der Waals surface area (Å²) in [6.07, 6.45) is 0.434. The molecule has 2 aromatic rings. The molecule has 1 heterocycles. The van der Waals surface area contributed by atoms with Crippen LogP contribution in [0.1, 0.15) is 41.4 Å². The Morgan fingerprint density at radius 1 is 1.26 bits per heavy atom. The SMILES string of the molecule is Cc1csc([C@@H]2CC(NC(=O)O)CC[C@@H]2NC(=O)OCc2ccccc2)n1. The van der Waals surface area contributed by atoms with Crippen LogP contribution < -0.4 is 10.6 Å². The van der Waals surface area contributed by atoms with Crippen LogP contribution in [0.2, 0.25) is 0 Å². The van der Waals surface area contributed by atoms with E-state index in [9.17, 15) is 9.59 Å². The first-order valence-electron chi connectivity index (χ1n) is 8.90. The Hall–Kier alpha value is -2.61. The zero-order valence-corrected chi connectivity index (χ0v) is 15.9. The van der Waals surface area contributed by atoms with Crippen molar-refractivity contribution in [2.75, 3.05) is 0 Å². The first-order chi connectivity index (χ1) is 13.0. The Balaban J connectivity index is 1.63. The number of rotatable bonds is 5. The van der Waals surface area contributed by atoms with E-state index in [0.29, 0.717) is 19.3 Å². The van der Waals surface area contributed by atoms with Crippen LogP contribution in [-0.2, 0) is 11.3 Å². The Kier molecular flexibility index (Phi) is 6.28. The summed E-state index contributed by atoms with van der Waals surface area (Å²) in [5.74, 6) is -0.0430. The quantitative estimate of drug-likeness (QED) is 0.725. The third-order valence-corrected chi connectivity index (χ3v) is 5.74. The normalized spacial score (nSPS) is 22.0.